The van der Waals surface area contributed by atoms with Gasteiger partial charge in [0, 0.05) is 28.8 Å². The van der Waals surface area contributed by atoms with Crippen LogP contribution in [0.5, 0.6) is 0 Å². The molecule has 1 amide bonds. The van der Waals surface area contributed by atoms with Crippen LogP contribution in [0.4, 0.5) is 5.69 Å². The summed E-state index contributed by atoms with van der Waals surface area (Å²) < 4.78 is 12.2. The molecule has 0 radical (unpaired) electrons. The topological polar surface area (TPSA) is 110 Å². The molecule has 2 aromatic rings. The molecule has 2 atom stereocenters. The summed E-state index contributed by atoms with van der Waals surface area (Å²) in [5.74, 6) is 0.475. The zero-order valence-corrected chi connectivity index (χ0v) is 17.0. The normalized spacial score (nSPS) is 20.6. The molecule has 1 unspecified atom stereocenters. The summed E-state index contributed by atoms with van der Waals surface area (Å²) in [7, 11) is -1.19. The number of aryl methyl sites for hydroxylation is 1. The average molecular weight is 404 g/mol. The van der Waals surface area contributed by atoms with E-state index in [0.717, 1.165) is 23.4 Å². The molecule has 3 N–H and O–H groups in total. The molecule has 1 aliphatic heterocycles. The first-order valence-corrected chi connectivity index (χ1v) is 10.9. The highest BCUT2D eigenvalue weighted by molar-refractivity contribution is 8.13. The fraction of sp³-hybridized carbons (Fsp3) is 0.333. The lowest BCUT2D eigenvalue weighted by Crippen LogP contribution is -2.30. The van der Waals surface area contributed by atoms with Crippen molar-refractivity contribution in [3.05, 3.63) is 47.5 Å². The highest BCUT2D eigenvalue weighted by atomic mass is 32.2. The Bertz CT molecular complexity index is 930. The van der Waals surface area contributed by atoms with Gasteiger partial charge in [-0.25, -0.2) is 4.98 Å². The lowest BCUT2D eigenvalue weighted by atomic mass is 9.89. The highest BCUT2D eigenvalue weighted by Crippen LogP contribution is 2.39. The van der Waals surface area contributed by atoms with Crippen molar-refractivity contribution in [2.75, 3.05) is 17.3 Å². The summed E-state index contributed by atoms with van der Waals surface area (Å²) in [6.07, 6.45) is 5.38. The van der Waals surface area contributed by atoms with Gasteiger partial charge in [0.25, 0.3) is 5.91 Å². The van der Waals surface area contributed by atoms with Crippen LogP contribution in [0.1, 0.15) is 35.1 Å². The average Bonchev–Trinajstić information content (AvgIpc) is 2.62. The van der Waals surface area contributed by atoms with Crippen LogP contribution in [0.3, 0.4) is 0 Å². The second-order valence-electron chi connectivity index (χ2n) is 6.48. The van der Waals surface area contributed by atoms with Crippen LogP contribution in [-0.4, -0.2) is 37.3 Å². The zero-order valence-electron chi connectivity index (χ0n) is 15.4. The minimum absolute atomic E-state index is 0.229. The van der Waals surface area contributed by atoms with E-state index in [1.807, 2.05) is 13.0 Å². The molecule has 9 heteroatoms. The molecule has 0 aliphatic carbocycles. The first kappa shape index (κ1) is 19.5. The van der Waals surface area contributed by atoms with Crippen LogP contribution in [0, 0.1) is 6.92 Å². The standard InChI is InChI=1S/C18H21N5O2S2/c1-11-9-21-14(10-20-11)16(24)22-12-4-5-15(27(3)25)13(8-12)18(2)6-7-26-17(19)23-18/h4-5,8-10H,6-7H2,1-3H3,(H2,19,23)(H,22,24)/t18-,27?/m0/s1. The molecule has 142 valence electrons. The Labute approximate surface area is 164 Å². The molecule has 0 saturated heterocycles. The van der Waals surface area contributed by atoms with Gasteiger partial charge in [-0.3, -0.25) is 19.0 Å². The lowest BCUT2D eigenvalue weighted by Gasteiger charge is -2.31. The van der Waals surface area contributed by atoms with Crippen molar-refractivity contribution in [3.8, 4) is 0 Å². The summed E-state index contributed by atoms with van der Waals surface area (Å²) in [5.41, 5.74) is 7.71. The minimum Gasteiger partial charge on any atom is -0.379 e. The maximum absolute atomic E-state index is 12.4. The molecule has 0 spiro atoms. The number of carbonyl (C=O) groups excluding carboxylic acids is 1. The van der Waals surface area contributed by atoms with Crippen molar-refractivity contribution >= 4 is 39.3 Å². The van der Waals surface area contributed by atoms with E-state index in [9.17, 15) is 9.00 Å². The highest BCUT2D eigenvalue weighted by Gasteiger charge is 2.32. The van der Waals surface area contributed by atoms with Crippen LogP contribution < -0.4 is 11.1 Å². The number of hydrogen-bond donors (Lipinski definition) is 2. The van der Waals surface area contributed by atoms with Gasteiger partial charge in [-0.15, -0.1) is 0 Å². The van der Waals surface area contributed by atoms with E-state index in [4.69, 9.17) is 5.73 Å². The Kier molecular flexibility index (Phi) is 5.61. The van der Waals surface area contributed by atoms with Crippen LogP contribution in [0.2, 0.25) is 0 Å². The molecule has 1 aromatic heterocycles. The number of carbonyl (C=O) groups is 1. The molecule has 2 heterocycles. The van der Waals surface area contributed by atoms with Gasteiger partial charge in [-0.05, 0) is 44.0 Å². The number of hydrogen-bond acceptors (Lipinski definition) is 7. The number of benzene rings is 1. The molecule has 1 aromatic carbocycles. The molecule has 0 fully saturated rings. The van der Waals surface area contributed by atoms with E-state index in [1.165, 1.54) is 18.0 Å². The maximum atomic E-state index is 12.4. The van der Waals surface area contributed by atoms with Gasteiger partial charge >= 0.3 is 0 Å². The fourth-order valence-corrected chi connectivity index (χ4v) is 4.69. The van der Waals surface area contributed by atoms with Gasteiger partial charge in [0.05, 0.1) is 28.2 Å². The van der Waals surface area contributed by atoms with E-state index < -0.39 is 16.3 Å². The second kappa shape index (κ2) is 7.77. The van der Waals surface area contributed by atoms with Gasteiger partial charge in [0.2, 0.25) is 0 Å². The number of nitrogens with one attached hydrogen (secondary N) is 1. The number of nitrogens with two attached hydrogens (primary N) is 1. The van der Waals surface area contributed by atoms with Crippen molar-refractivity contribution in [2.45, 2.75) is 30.7 Å². The Hall–Kier alpha value is -2.26. The molecule has 0 saturated carbocycles. The fourth-order valence-electron chi connectivity index (χ4n) is 2.86. The number of rotatable bonds is 4. The zero-order chi connectivity index (χ0) is 19.6. The van der Waals surface area contributed by atoms with Crippen molar-refractivity contribution in [2.24, 2.45) is 10.7 Å². The van der Waals surface area contributed by atoms with Crippen molar-refractivity contribution < 1.29 is 9.00 Å². The Morgan fingerprint density at radius 3 is 2.74 bits per heavy atom. The molecule has 7 nitrogen and oxygen atoms in total. The third kappa shape index (κ3) is 4.36. The lowest BCUT2D eigenvalue weighted by molar-refractivity contribution is 0.102. The van der Waals surface area contributed by atoms with Crippen LogP contribution in [0.15, 0.2) is 40.5 Å². The van der Waals surface area contributed by atoms with E-state index >= 15 is 0 Å². The van der Waals surface area contributed by atoms with Gasteiger partial charge in [0.1, 0.15) is 5.69 Å². The number of aliphatic imine (C=N–C) groups is 1. The molecule has 1 aliphatic rings. The number of thioether (sulfide) groups is 1. The monoisotopic (exact) mass is 403 g/mol. The number of nitrogens with zero attached hydrogens (tertiary/aromatic N) is 3. The largest absolute Gasteiger partial charge is 0.379 e. The van der Waals surface area contributed by atoms with E-state index in [1.54, 1.807) is 31.5 Å². The molecular weight excluding hydrogens is 382 g/mol. The first-order chi connectivity index (χ1) is 12.8. The maximum Gasteiger partial charge on any atom is 0.275 e. The third-order valence-electron chi connectivity index (χ3n) is 4.34. The van der Waals surface area contributed by atoms with Gasteiger partial charge in [0.15, 0.2) is 5.17 Å². The van der Waals surface area contributed by atoms with Crippen LogP contribution in [0.25, 0.3) is 0 Å². The minimum atomic E-state index is -1.19. The molecular formula is C18H21N5O2S2. The smallest absolute Gasteiger partial charge is 0.275 e. The Morgan fingerprint density at radius 1 is 1.33 bits per heavy atom. The summed E-state index contributed by atoms with van der Waals surface area (Å²) in [5, 5.41) is 3.34. The predicted molar refractivity (Wildman–Crippen MR) is 110 cm³/mol. The quantitative estimate of drug-likeness (QED) is 0.811. The van der Waals surface area contributed by atoms with Gasteiger partial charge in [-0.1, -0.05) is 11.8 Å². The number of anilines is 1. The molecule has 3 rings (SSSR count). The van der Waals surface area contributed by atoms with Gasteiger partial charge < -0.3 is 11.1 Å². The molecule has 0 bridgehead atoms. The van der Waals surface area contributed by atoms with E-state index in [-0.39, 0.29) is 11.6 Å². The van der Waals surface area contributed by atoms with Crippen molar-refractivity contribution in [3.63, 3.8) is 0 Å². The van der Waals surface area contributed by atoms with Crippen molar-refractivity contribution in [1.82, 2.24) is 9.97 Å². The summed E-state index contributed by atoms with van der Waals surface area (Å²) in [6.45, 7) is 3.78. The molecule has 27 heavy (non-hydrogen) atoms. The van der Waals surface area contributed by atoms with E-state index in [0.29, 0.717) is 15.8 Å². The van der Waals surface area contributed by atoms with Crippen LogP contribution >= 0.6 is 11.8 Å². The van der Waals surface area contributed by atoms with Crippen molar-refractivity contribution in [1.29, 1.82) is 0 Å². The van der Waals surface area contributed by atoms with Gasteiger partial charge in [-0.2, -0.15) is 0 Å². The first-order valence-electron chi connectivity index (χ1n) is 8.34. The summed E-state index contributed by atoms with van der Waals surface area (Å²) in [6, 6.07) is 5.32. The second-order valence-corrected chi connectivity index (χ2v) is 8.95. The summed E-state index contributed by atoms with van der Waals surface area (Å²) >= 11 is 1.51. The van der Waals surface area contributed by atoms with Crippen LogP contribution in [-0.2, 0) is 16.3 Å². The Morgan fingerprint density at radius 2 is 2.11 bits per heavy atom. The summed E-state index contributed by atoms with van der Waals surface area (Å²) in [4.78, 5) is 25.9. The van der Waals surface area contributed by atoms with E-state index in [2.05, 4.69) is 20.3 Å². The number of amidine groups is 1. The SMILES string of the molecule is Cc1cnc(C(=O)Nc2ccc(S(C)=O)c([C@]3(C)CCSC(N)=N3)c2)cn1. The third-order valence-corrected chi connectivity index (χ3v) is 6.11. The number of aromatic nitrogens is 2. The Balaban J connectivity index is 1.96. The number of amides is 1. The predicted octanol–water partition coefficient (Wildman–Crippen LogP) is 2.44.